The molecule has 3 heteroatoms. The highest BCUT2D eigenvalue weighted by Crippen LogP contribution is 2.41. The molecule has 1 aromatic carbocycles. The van der Waals surface area contributed by atoms with Gasteiger partial charge in [0.25, 0.3) is 0 Å². The Bertz CT molecular complexity index is 413. The van der Waals surface area contributed by atoms with Crippen LogP contribution in [0.2, 0.25) is 0 Å². The number of anilines is 1. The Labute approximate surface area is 111 Å². The Balaban J connectivity index is 1.82. The molecule has 2 nitrogen and oxygen atoms in total. The second kappa shape index (κ2) is 4.52. The standard InChI is InChI=1S/C14H18BrNO/c15-11-4-5-13-12(8-11)16-9-14(10-17-13)6-2-1-3-7-14/h4-5,8,16H,1-3,6-7,9-10H2. The number of fused-ring (bicyclic) bond motifs is 1. The largest absolute Gasteiger partial charge is 0.491 e. The summed E-state index contributed by atoms with van der Waals surface area (Å²) in [6.07, 6.45) is 6.70. The molecule has 1 aliphatic heterocycles. The number of benzene rings is 1. The predicted octanol–water partition coefficient (Wildman–Crippen LogP) is 4.20. The first kappa shape index (κ1) is 11.4. The molecule has 1 N–H and O–H groups in total. The Kier molecular flexibility index (Phi) is 3.03. The molecule has 0 radical (unpaired) electrons. The monoisotopic (exact) mass is 295 g/mol. The third kappa shape index (κ3) is 2.30. The van der Waals surface area contributed by atoms with E-state index in [-0.39, 0.29) is 0 Å². The van der Waals surface area contributed by atoms with Gasteiger partial charge in [-0.15, -0.1) is 0 Å². The van der Waals surface area contributed by atoms with Crippen molar-refractivity contribution in [1.29, 1.82) is 0 Å². The van der Waals surface area contributed by atoms with Crippen molar-refractivity contribution < 1.29 is 4.74 Å². The van der Waals surface area contributed by atoms with Crippen LogP contribution in [0.5, 0.6) is 5.75 Å². The van der Waals surface area contributed by atoms with Crippen LogP contribution in [0.25, 0.3) is 0 Å². The van der Waals surface area contributed by atoms with Gasteiger partial charge in [-0.05, 0) is 31.0 Å². The highest BCUT2D eigenvalue weighted by Gasteiger charge is 2.34. The smallest absolute Gasteiger partial charge is 0.142 e. The molecule has 0 saturated heterocycles. The van der Waals surface area contributed by atoms with Gasteiger partial charge in [0.05, 0.1) is 12.3 Å². The van der Waals surface area contributed by atoms with E-state index in [1.807, 2.05) is 12.1 Å². The third-order valence-electron chi connectivity index (χ3n) is 4.04. The lowest BCUT2D eigenvalue weighted by Gasteiger charge is -2.35. The van der Waals surface area contributed by atoms with Crippen LogP contribution in [0.15, 0.2) is 22.7 Å². The van der Waals surface area contributed by atoms with Gasteiger partial charge in [-0.3, -0.25) is 0 Å². The van der Waals surface area contributed by atoms with Crippen molar-refractivity contribution in [1.82, 2.24) is 0 Å². The molecule has 0 bridgehead atoms. The summed E-state index contributed by atoms with van der Waals surface area (Å²) in [4.78, 5) is 0. The molecule has 3 rings (SSSR count). The predicted molar refractivity (Wildman–Crippen MR) is 73.6 cm³/mol. The molecule has 17 heavy (non-hydrogen) atoms. The van der Waals surface area contributed by atoms with E-state index in [1.165, 1.54) is 32.1 Å². The number of hydrogen-bond donors (Lipinski definition) is 1. The molecule has 0 amide bonds. The quantitative estimate of drug-likeness (QED) is 0.774. The lowest BCUT2D eigenvalue weighted by atomic mass is 9.74. The van der Waals surface area contributed by atoms with Crippen molar-refractivity contribution in [3.63, 3.8) is 0 Å². The van der Waals surface area contributed by atoms with Crippen molar-refractivity contribution in [2.45, 2.75) is 32.1 Å². The fraction of sp³-hybridized carbons (Fsp3) is 0.571. The van der Waals surface area contributed by atoms with Crippen molar-refractivity contribution in [2.24, 2.45) is 5.41 Å². The molecule has 1 spiro atoms. The van der Waals surface area contributed by atoms with E-state index in [4.69, 9.17) is 4.74 Å². The SMILES string of the molecule is Brc1ccc2c(c1)NCC1(CCCCC1)CO2. The fourth-order valence-electron chi connectivity index (χ4n) is 2.95. The van der Waals surface area contributed by atoms with E-state index >= 15 is 0 Å². The number of rotatable bonds is 0. The normalized spacial score (nSPS) is 22.2. The summed E-state index contributed by atoms with van der Waals surface area (Å²) >= 11 is 3.51. The van der Waals surface area contributed by atoms with E-state index in [2.05, 4.69) is 27.3 Å². The Morgan fingerprint density at radius 1 is 1.18 bits per heavy atom. The Morgan fingerprint density at radius 3 is 2.82 bits per heavy atom. The average Bonchev–Trinajstić information content (AvgIpc) is 2.52. The van der Waals surface area contributed by atoms with Crippen LogP contribution in [-0.4, -0.2) is 13.2 Å². The first-order valence-corrected chi connectivity index (χ1v) is 7.23. The summed E-state index contributed by atoms with van der Waals surface area (Å²) < 4.78 is 7.12. The number of nitrogens with one attached hydrogen (secondary N) is 1. The van der Waals surface area contributed by atoms with Crippen LogP contribution >= 0.6 is 15.9 Å². The molecular weight excluding hydrogens is 278 g/mol. The zero-order valence-corrected chi connectivity index (χ0v) is 11.6. The zero-order chi connectivity index (χ0) is 11.7. The number of halogens is 1. The van der Waals surface area contributed by atoms with Gasteiger partial charge >= 0.3 is 0 Å². The van der Waals surface area contributed by atoms with Crippen molar-refractivity contribution in [3.8, 4) is 5.75 Å². The molecule has 1 aromatic rings. The molecule has 92 valence electrons. The van der Waals surface area contributed by atoms with E-state index in [0.29, 0.717) is 5.41 Å². The van der Waals surface area contributed by atoms with Gasteiger partial charge in [-0.1, -0.05) is 35.2 Å². The summed E-state index contributed by atoms with van der Waals surface area (Å²) in [6.45, 7) is 1.92. The van der Waals surface area contributed by atoms with E-state index < -0.39 is 0 Å². The number of hydrogen-bond acceptors (Lipinski definition) is 2. The van der Waals surface area contributed by atoms with Crippen LogP contribution in [0.1, 0.15) is 32.1 Å². The summed E-state index contributed by atoms with van der Waals surface area (Å²) in [6, 6.07) is 6.20. The minimum absolute atomic E-state index is 0.365. The average molecular weight is 296 g/mol. The summed E-state index contributed by atoms with van der Waals surface area (Å²) in [5.41, 5.74) is 1.49. The maximum atomic E-state index is 6.01. The van der Waals surface area contributed by atoms with E-state index in [0.717, 1.165) is 29.1 Å². The second-order valence-electron chi connectivity index (χ2n) is 5.34. The van der Waals surface area contributed by atoms with Gasteiger partial charge in [0.1, 0.15) is 5.75 Å². The summed E-state index contributed by atoms with van der Waals surface area (Å²) in [7, 11) is 0. The maximum Gasteiger partial charge on any atom is 0.142 e. The van der Waals surface area contributed by atoms with E-state index in [9.17, 15) is 0 Å². The van der Waals surface area contributed by atoms with Crippen molar-refractivity contribution >= 4 is 21.6 Å². The molecule has 1 aliphatic carbocycles. The topological polar surface area (TPSA) is 21.3 Å². The highest BCUT2D eigenvalue weighted by atomic mass is 79.9. The number of ether oxygens (including phenoxy) is 1. The Morgan fingerprint density at radius 2 is 2.00 bits per heavy atom. The van der Waals surface area contributed by atoms with Crippen LogP contribution in [0.3, 0.4) is 0 Å². The third-order valence-corrected chi connectivity index (χ3v) is 4.54. The zero-order valence-electron chi connectivity index (χ0n) is 9.97. The van der Waals surface area contributed by atoms with Gasteiger partial charge in [-0.25, -0.2) is 0 Å². The summed E-state index contributed by atoms with van der Waals surface area (Å²) in [5, 5.41) is 3.57. The molecule has 0 atom stereocenters. The molecular formula is C14H18BrNO. The van der Waals surface area contributed by atoms with Crippen LogP contribution in [0.4, 0.5) is 5.69 Å². The summed E-state index contributed by atoms with van der Waals surface area (Å²) in [5.74, 6) is 0.996. The lowest BCUT2D eigenvalue weighted by Crippen LogP contribution is -2.36. The van der Waals surface area contributed by atoms with Crippen LogP contribution in [-0.2, 0) is 0 Å². The molecule has 1 saturated carbocycles. The van der Waals surface area contributed by atoms with Gasteiger partial charge in [0.2, 0.25) is 0 Å². The van der Waals surface area contributed by atoms with Gasteiger partial charge in [0.15, 0.2) is 0 Å². The minimum atomic E-state index is 0.365. The first-order valence-electron chi connectivity index (χ1n) is 6.44. The highest BCUT2D eigenvalue weighted by molar-refractivity contribution is 9.10. The van der Waals surface area contributed by atoms with Crippen LogP contribution < -0.4 is 10.1 Å². The molecule has 0 unspecified atom stereocenters. The van der Waals surface area contributed by atoms with Crippen molar-refractivity contribution in [3.05, 3.63) is 22.7 Å². The fourth-order valence-corrected chi connectivity index (χ4v) is 3.31. The molecule has 2 aliphatic rings. The van der Waals surface area contributed by atoms with Crippen molar-refractivity contribution in [2.75, 3.05) is 18.5 Å². The molecule has 1 heterocycles. The van der Waals surface area contributed by atoms with E-state index in [1.54, 1.807) is 0 Å². The molecule has 1 fully saturated rings. The maximum absolute atomic E-state index is 6.01. The Hall–Kier alpha value is -0.700. The van der Waals surface area contributed by atoms with Gasteiger partial charge < -0.3 is 10.1 Å². The van der Waals surface area contributed by atoms with Gasteiger partial charge in [0, 0.05) is 16.4 Å². The molecule has 0 aromatic heterocycles. The lowest BCUT2D eigenvalue weighted by molar-refractivity contribution is 0.115. The second-order valence-corrected chi connectivity index (χ2v) is 6.26. The van der Waals surface area contributed by atoms with Gasteiger partial charge in [-0.2, -0.15) is 0 Å². The van der Waals surface area contributed by atoms with Crippen LogP contribution in [0, 0.1) is 5.41 Å². The minimum Gasteiger partial charge on any atom is -0.491 e. The first-order chi connectivity index (χ1) is 8.27.